The Hall–Kier alpha value is -2.37. The van der Waals surface area contributed by atoms with E-state index in [4.69, 9.17) is 23.8 Å². The normalized spacial score (nSPS) is 19.4. The summed E-state index contributed by atoms with van der Waals surface area (Å²) in [5, 5.41) is 4.91. The van der Waals surface area contributed by atoms with Crippen molar-refractivity contribution in [1.29, 1.82) is 0 Å². The predicted octanol–water partition coefficient (Wildman–Crippen LogP) is 4.74. The minimum atomic E-state index is 0.00361. The molecule has 0 unspecified atom stereocenters. The molecule has 1 aromatic carbocycles. The van der Waals surface area contributed by atoms with Crippen molar-refractivity contribution >= 4 is 28.9 Å². The van der Waals surface area contributed by atoms with Crippen LogP contribution in [0.15, 0.2) is 54.7 Å². The van der Waals surface area contributed by atoms with E-state index in [1.165, 1.54) is 5.56 Å². The van der Waals surface area contributed by atoms with E-state index in [9.17, 15) is 0 Å². The summed E-state index contributed by atoms with van der Waals surface area (Å²) in [4.78, 5) is 6.68. The third-order valence-corrected chi connectivity index (χ3v) is 5.95. The number of aromatic nitrogens is 2. The van der Waals surface area contributed by atoms with Gasteiger partial charge in [-0.1, -0.05) is 29.8 Å². The first-order valence-corrected chi connectivity index (χ1v) is 9.65. The number of pyridine rings is 1. The second-order valence-corrected chi connectivity index (χ2v) is 7.64. The number of aryl methyl sites for hydroxylation is 1. The number of likely N-dealkylation sites (N-methyl/N-ethyl adjacent to an activating group) is 1. The van der Waals surface area contributed by atoms with Crippen molar-refractivity contribution in [1.82, 2.24) is 19.8 Å². The lowest BCUT2D eigenvalue weighted by Gasteiger charge is -2.24. The molecule has 1 saturated heterocycles. The zero-order chi connectivity index (χ0) is 19.1. The quantitative estimate of drug-likeness (QED) is 0.648. The van der Waals surface area contributed by atoms with E-state index in [1.54, 1.807) is 0 Å². The molecular formula is C21H21ClN4S. The Morgan fingerprint density at radius 1 is 1.11 bits per heavy atom. The molecule has 3 aromatic rings. The number of para-hydroxylation sites is 1. The van der Waals surface area contributed by atoms with Crippen molar-refractivity contribution in [3.8, 4) is 5.69 Å². The van der Waals surface area contributed by atoms with Gasteiger partial charge in [0.05, 0.1) is 28.5 Å². The van der Waals surface area contributed by atoms with Crippen LogP contribution in [0, 0.1) is 13.8 Å². The maximum absolute atomic E-state index is 6.47. The fraction of sp³-hybridized carbons (Fsp3) is 0.238. The Labute approximate surface area is 169 Å². The number of benzene rings is 1. The zero-order valence-electron chi connectivity index (χ0n) is 15.5. The first-order chi connectivity index (χ1) is 13.0. The Morgan fingerprint density at radius 3 is 2.56 bits per heavy atom. The Kier molecular flexibility index (Phi) is 4.66. The van der Waals surface area contributed by atoms with E-state index in [0.29, 0.717) is 0 Å². The van der Waals surface area contributed by atoms with E-state index in [-0.39, 0.29) is 12.1 Å². The van der Waals surface area contributed by atoms with Gasteiger partial charge in [0.1, 0.15) is 0 Å². The molecule has 2 atom stereocenters. The molecule has 1 fully saturated rings. The van der Waals surface area contributed by atoms with Gasteiger partial charge >= 0.3 is 0 Å². The molecule has 27 heavy (non-hydrogen) atoms. The summed E-state index contributed by atoms with van der Waals surface area (Å²) in [5.74, 6) is 0. The van der Waals surface area contributed by atoms with Crippen LogP contribution in [-0.4, -0.2) is 26.6 Å². The molecule has 0 amide bonds. The summed E-state index contributed by atoms with van der Waals surface area (Å²) in [5.41, 5.74) is 5.49. The molecule has 0 bridgehead atoms. The summed E-state index contributed by atoms with van der Waals surface area (Å²) in [7, 11) is 2.03. The molecule has 0 saturated carbocycles. The molecule has 4 nitrogen and oxygen atoms in total. The third-order valence-electron chi connectivity index (χ3n) is 5.22. The van der Waals surface area contributed by atoms with Crippen LogP contribution in [0.4, 0.5) is 0 Å². The van der Waals surface area contributed by atoms with Crippen molar-refractivity contribution < 1.29 is 0 Å². The van der Waals surface area contributed by atoms with Crippen molar-refractivity contribution in [2.75, 3.05) is 7.05 Å². The third kappa shape index (κ3) is 3.01. The Balaban J connectivity index is 1.84. The minimum Gasteiger partial charge on any atom is -0.352 e. The highest BCUT2D eigenvalue weighted by Gasteiger charge is 2.39. The highest BCUT2D eigenvalue weighted by molar-refractivity contribution is 7.80. The van der Waals surface area contributed by atoms with Crippen LogP contribution < -0.4 is 5.32 Å². The largest absolute Gasteiger partial charge is 0.352 e. The number of rotatable bonds is 3. The molecule has 138 valence electrons. The van der Waals surface area contributed by atoms with Gasteiger partial charge in [-0.05, 0) is 62.0 Å². The topological polar surface area (TPSA) is 33.1 Å². The van der Waals surface area contributed by atoms with Crippen LogP contribution >= 0.6 is 23.8 Å². The molecule has 1 aliphatic heterocycles. The standard InChI is InChI=1S/C21H21ClN4S/c1-13-12-15(14(2)26(13)18-10-5-4-8-16(18)22)20-19(24-21(27)25(20)3)17-9-6-7-11-23-17/h4-12,19-20H,1-3H3,(H,24,27)/t19-,20+/m0/s1. The Morgan fingerprint density at radius 2 is 1.85 bits per heavy atom. The lowest BCUT2D eigenvalue weighted by atomic mass is 9.97. The van der Waals surface area contributed by atoms with Gasteiger partial charge in [0.15, 0.2) is 5.11 Å². The fourth-order valence-corrected chi connectivity index (χ4v) is 4.40. The zero-order valence-corrected chi connectivity index (χ0v) is 17.1. The number of nitrogens with one attached hydrogen (secondary N) is 1. The smallest absolute Gasteiger partial charge is 0.169 e. The van der Waals surface area contributed by atoms with Gasteiger partial charge in [-0.25, -0.2) is 0 Å². The fourth-order valence-electron chi connectivity index (χ4n) is 3.94. The van der Waals surface area contributed by atoms with E-state index in [2.05, 4.69) is 39.7 Å². The maximum Gasteiger partial charge on any atom is 0.169 e. The average Bonchev–Trinajstić information content (AvgIpc) is 3.12. The predicted molar refractivity (Wildman–Crippen MR) is 113 cm³/mol. The van der Waals surface area contributed by atoms with Crippen LogP contribution in [0.2, 0.25) is 5.02 Å². The van der Waals surface area contributed by atoms with Gasteiger partial charge < -0.3 is 14.8 Å². The van der Waals surface area contributed by atoms with Crippen LogP contribution in [-0.2, 0) is 0 Å². The monoisotopic (exact) mass is 396 g/mol. The van der Waals surface area contributed by atoms with E-state index in [0.717, 1.165) is 32.9 Å². The van der Waals surface area contributed by atoms with Crippen LogP contribution in [0.3, 0.4) is 0 Å². The van der Waals surface area contributed by atoms with Gasteiger partial charge in [0.2, 0.25) is 0 Å². The molecule has 4 rings (SSSR count). The highest BCUT2D eigenvalue weighted by atomic mass is 35.5. The minimum absolute atomic E-state index is 0.00361. The van der Waals surface area contributed by atoms with Gasteiger partial charge in [0, 0.05) is 24.6 Å². The number of thiocarbonyl (C=S) groups is 1. The number of hydrogen-bond donors (Lipinski definition) is 1. The van der Waals surface area contributed by atoms with Gasteiger partial charge in [-0.2, -0.15) is 0 Å². The van der Waals surface area contributed by atoms with E-state index in [1.807, 2.05) is 55.7 Å². The molecular weight excluding hydrogens is 376 g/mol. The van der Waals surface area contributed by atoms with Gasteiger partial charge in [-0.15, -0.1) is 0 Å². The van der Waals surface area contributed by atoms with E-state index < -0.39 is 0 Å². The molecule has 2 aromatic heterocycles. The molecule has 1 N–H and O–H groups in total. The second kappa shape index (κ2) is 6.98. The van der Waals surface area contributed by atoms with Gasteiger partial charge in [-0.3, -0.25) is 4.98 Å². The number of halogens is 1. The summed E-state index contributed by atoms with van der Waals surface area (Å²) < 4.78 is 2.21. The molecule has 0 aliphatic carbocycles. The van der Waals surface area contributed by atoms with Crippen molar-refractivity contribution in [2.24, 2.45) is 0 Å². The van der Waals surface area contributed by atoms with Crippen LogP contribution in [0.25, 0.3) is 5.69 Å². The molecule has 3 heterocycles. The molecule has 6 heteroatoms. The summed E-state index contributed by atoms with van der Waals surface area (Å²) in [6.45, 7) is 4.24. The lowest BCUT2D eigenvalue weighted by Crippen LogP contribution is -2.25. The highest BCUT2D eigenvalue weighted by Crippen LogP contribution is 2.40. The number of nitrogens with zero attached hydrogens (tertiary/aromatic N) is 3. The summed E-state index contributed by atoms with van der Waals surface area (Å²) >= 11 is 12.0. The van der Waals surface area contributed by atoms with Crippen molar-refractivity contribution in [2.45, 2.75) is 25.9 Å². The van der Waals surface area contributed by atoms with Crippen LogP contribution in [0.1, 0.15) is 34.7 Å². The molecule has 0 radical (unpaired) electrons. The Bertz CT molecular complexity index is 999. The van der Waals surface area contributed by atoms with Gasteiger partial charge in [0.25, 0.3) is 0 Å². The summed E-state index contributed by atoms with van der Waals surface area (Å²) in [6.07, 6.45) is 1.82. The summed E-state index contributed by atoms with van der Waals surface area (Å²) in [6, 6.07) is 16.2. The van der Waals surface area contributed by atoms with E-state index >= 15 is 0 Å². The first-order valence-electron chi connectivity index (χ1n) is 8.87. The van der Waals surface area contributed by atoms with Crippen LogP contribution in [0.5, 0.6) is 0 Å². The average molecular weight is 397 g/mol. The SMILES string of the molecule is Cc1cc([C@@H]2[C@H](c3ccccn3)NC(=S)N2C)c(C)n1-c1ccccc1Cl. The molecule has 1 aliphatic rings. The van der Waals surface area contributed by atoms with Crippen molar-refractivity contribution in [3.63, 3.8) is 0 Å². The maximum atomic E-state index is 6.47. The second-order valence-electron chi connectivity index (χ2n) is 6.85. The number of hydrogen-bond acceptors (Lipinski definition) is 2. The van der Waals surface area contributed by atoms with Crippen molar-refractivity contribution in [3.05, 3.63) is 82.4 Å². The molecule has 0 spiro atoms. The lowest BCUT2D eigenvalue weighted by molar-refractivity contribution is 0.367. The first kappa shape index (κ1) is 18.0.